The Kier molecular flexibility index (Phi) is 4.79. The Morgan fingerprint density at radius 3 is 2.93 bits per heavy atom. The highest BCUT2D eigenvalue weighted by Crippen LogP contribution is 2.31. The van der Waals surface area contributed by atoms with Crippen molar-refractivity contribution < 1.29 is 4.74 Å². The fraction of sp³-hybridized carbons (Fsp3) is 1.00. The smallest absolute Gasteiger partial charge is 0.0576 e. The number of rotatable bonds is 5. The molecular formula is C12H23NOS. The Balaban J connectivity index is 1.69. The third-order valence-electron chi connectivity index (χ3n) is 3.61. The highest BCUT2D eigenvalue weighted by Gasteiger charge is 2.25. The number of ether oxygens (including phenoxy) is 1. The first kappa shape index (κ1) is 11.7. The van der Waals surface area contributed by atoms with Crippen LogP contribution >= 0.6 is 11.8 Å². The minimum atomic E-state index is 0.562. The molecule has 3 unspecified atom stereocenters. The van der Waals surface area contributed by atoms with Crippen molar-refractivity contribution in [1.29, 1.82) is 0 Å². The summed E-state index contributed by atoms with van der Waals surface area (Å²) in [6, 6.07) is 0.710. The molecule has 2 aliphatic heterocycles. The van der Waals surface area contributed by atoms with Gasteiger partial charge in [0.15, 0.2) is 0 Å². The summed E-state index contributed by atoms with van der Waals surface area (Å²) in [5, 5.41) is 4.35. The van der Waals surface area contributed by atoms with Crippen molar-refractivity contribution in [2.75, 3.05) is 19.4 Å². The van der Waals surface area contributed by atoms with Gasteiger partial charge in [0.25, 0.3) is 0 Å². The summed E-state index contributed by atoms with van der Waals surface area (Å²) in [6.07, 6.45) is 8.48. The molecule has 0 bridgehead atoms. The molecule has 2 saturated heterocycles. The Morgan fingerprint density at radius 2 is 2.33 bits per heavy atom. The van der Waals surface area contributed by atoms with Crippen LogP contribution in [0.3, 0.4) is 0 Å². The molecule has 2 heterocycles. The zero-order valence-electron chi connectivity index (χ0n) is 9.71. The molecule has 1 N–H and O–H groups in total. The molecular weight excluding hydrogens is 206 g/mol. The first-order valence-electron chi connectivity index (χ1n) is 6.30. The van der Waals surface area contributed by atoms with Crippen LogP contribution < -0.4 is 5.32 Å². The number of nitrogens with one attached hydrogen (secondary N) is 1. The van der Waals surface area contributed by atoms with Crippen LogP contribution in [0.15, 0.2) is 0 Å². The summed E-state index contributed by atoms with van der Waals surface area (Å²) in [6.45, 7) is 0.993. The third-order valence-corrected chi connectivity index (χ3v) is 5.12. The molecule has 3 heteroatoms. The number of hydrogen-bond acceptors (Lipinski definition) is 3. The third kappa shape index (κ3) is 3.36. The van der Waals surface area contributed by atoms with Crippen LogP contribution in [0.4, 0.5) is 0 Å². The van der Waals surface area contributed by atoms with E-state index in [1.165, 1.54) is 44.3 Å². The van der Waals surface area contributed by atoms with Gasteiger partial charge in [-0.15, -0.1) is 0 Å². The Labute approximate surface area is 97.5 Å². The van der Waals surface area contributed by atoms with E-state index in [-0.39, 0.29) is 0 Å². The molecule has 2 rings (SSSR count). The first-order chi connectivity index (χ1) is 7.40. The van der Waals surface area contributed by atoms with Crippen molar-refractivity contribution in [2.24, 2.45) is 0 Å². The van der Waals surface area contributed by atoms with Gasteiger partial charge >= 0.3 is 0 Å². The topological polar surface area (TPSA) is 21.3 Å². The molecule has 88 valence electrons. The molecule has 0 spiro atoms. The lowest BCUT2D eigenvalue weighted by Crippen LogP contribution is -2.35. The summed E-state index contributed by atoms with van der Waals surface area (Å²) in [5.41, 5.74) is 0. The SMILES string of the molecule is CNC(CCC1CCCO1)C1CCCS1. The van der Waals surface area contributed by atoms with E-state index in [1.807, 2.05) is 0 Å². The monoisotopic (exact) mass is 229 g/mol. The normalized spacial score (nSPS) is 33.4. The van der Waals surface area contributed by atoms with Crippen molar-refractivity contribution in [3.05, 3.63) is 0 Å². The van der Waals surface area contributed by atoms with Gasteiger partial charge in [0.1, 0.15) is 0 Å². The fourth-order valence-corrected chi connectivity index (χ4v) is 4.15. The van der Waals surface area contributed by atoms with Gasteiger partial charge in [0, 0.05) is 17.9 Å². The maximum absolute atomic E-state index is 5.68. The summed E-state index contributed by atoms with van der Waals surface area (Å²) >= 11 is 2.15. The molecule has 2 nitrogen and oxygen atoms in total. The number of thioether (sulfide) groups is 1. The minimum Gasteiger partial charge on any atom is -0.378 e. The predicted molar refractivity (Wildman–Crippen MR) is 66.5 cm³/mol. The summed E-state index contributed by atoms with van der Waals surface area (Å²) in [7, 11) is 2.11. The van der Waals surface area contributed by atoms with E-state index in [0.29, 0.717) is 12.1 Å². The Hall–Kier alpha value is 0.270. The molecule has 0 aromatic heterocycles. The zero-order valence-corrected chi connectivity index (χ0v) is 10.5. The van der Waals surface area contributed by atoms with E-state index < -0.39 is 0 Å². The molecule has 0 amide bonds. The average molecular weight is 229 g/mol. The van der Waals surface area contributed by atoms with Crippen LogP contribution in [0.25, 0.3) is 0 Å². The lowest BCUT2D eigenvalue weighted by atomic mass is 10.0. The molecule has 2 fully saturated rings. The maximum Gasteiger partial charge on any atom is 0.0576 e. The quantitative estimate of drug-likeness (QED) is 0.782. The van der Waals surface area contributed by atoms with E-state index in [4.69, 9.17) is 4.74 Å². The molecule has 0 radical (unpaired) electrons. The van der Waals surface area contributed by atoms with E-state index in [9.17, 15) is 0 Å². The maximum atomic E-state index is 5.68. The first-order valence-corrected chi connectivity index (χ1v) is 7.35. The van der Waals surface area contributed by atoms with Gasteiger partial charge in [-0.05, 0) is 51.3 Å². The van der Waals surface area contributed by atoms with Crippen LogP contribution in [0, 0.1) is 0 Å². The molecule has 0 aliphatic carbocycles. The fourth-order valence-electron chi connectivity index (χ4n) is 2.67. The van der Waals surface area contributed by atoms with Crippen molar-refractivity contribution in [1.82, 2.24) is 5.32 Å². The van der Waals surface area contributed by atoms with Crippen LogP contribution in [-0.2, 0) is 4.74 Å². The molecule has 0 saturated carbocycles. The van der Waals surface area contributed by atoms with Crippen LogP contribution in [0.1, 0.15) is 38.5 Å². The standard InChI is InChI=1S/C12H23NOS/c1-13-11(12-5-3-9-15-12)7-6-10-4-2-8-14-10/h10-13H,2-9H2,1H3. The van der Waals surface area contributed by atoms with Gasteiger partial charge in [-0.25, -0.2) is 0 Å². The predicted octanol–water partition coefficient (Wildman–Crippen LogP) is 2.43. The summed E-state index contributed by atoms with van der Waals surface area (Å²) in [4.78, 5) is 0. The molecule has 2 aliphatic rings. The van der Waals surface area contributed by atoms with Gasteiger partial charge in [0.05, 0.1) is 6.10 Å². The van der Waals surface area contributed by atoms with Crippen molar-refractivity contribution >= 4 is 11.8 Å². The second kappa shape index (κ2) is 6.12. The lowest BCUT2D eigenvalue weighted by Gasteiger charge is -2.23. The zero-order chi connectivity index (χ0) is 10.5. The van der Waals surface area contributed by atoms with Crippen molar-refractivity contribution in [2.45, 2.75) is 55.9 Å². The van der Waals surface area contributed by atoms with E-state index in [0.717, 1.165) is 11.9 Å². The van der Waals surface area contributed by atoms with E-state index >= 15 is 0 Å². The summed E-state index contributed by atoms with van der Waals surface area (Å²) in [5.74, 6) is 1.36. The minimum absolute atomic E-state index is 0.562. The molecule has 0 aromatic carbocycles. The van der Waals surface area contributed by atoms with Crippen LogP contribution in [0.2, 0.25) is 0 Å². The van der Waals surface area contributed by atoms with Gasteiger partial charge in [0.2, 0.25) is 0 Å². The highest BCUT2D eigenvalue weighted by molar-refractivity contribution is 8.00. The van der Waals surface area contributed by atoms with Crippen LogP contribution in [0.5, 0.6) is 0 Å². The molecule has 0 aromatic rings. The van der Waals surface area contributed by atoms with Crippen LogP contribution in [-0.4, -0.2) is 36.8 Å². The second-order valence-electron chi connectivity index (χ2n) is 4.66. The van der Waals surface area contributed by atoms with Crippen molar-refractivity contribution in [3.8, 4) is 0 Å². The Morgan fingerprint density at radius 1 is 1.40 bits per heavy atom. The van der Waals surface area contributed by atoms with E-state index in [2.05, 4.69) is 24.1 Å². The highest BCUT2D eigenvalue weighted by atomic mass is 32.2. The summed E-state index contributed by atoms with van der Waals surface area (Å²) < 4.78 is 5.68. The Bertz CT molecular complexity index is 176. The average Bonchev–Trinajstić information content (AvgIpc) is 2.90. The second-order valence-corrected chi connectivity index (χ2v) is 6.01. The van der Waals surface area contributed by atoms with E-state index in [1.54, 1.807) is 0 Å². The van der Waals surface area contributed by atoms with Gasteiger partial charge in [-0.1, -0.05) is 0 Å². The molecule has 3 atom stereocenters. The van der Waals surface area contributed by atoms with Gasteiger partial charge in [-0.2, -0.15) is 11.8 Å². The van der Waals surface area contributed by atoms with Gasteiger partial charge < -0.3 is 10.1 Å². The largest absolute Gasteiger partial charge is 0.378 e. The molecule has 15 heavy (non-hydrogen) atoms. The number of hydrogen-bond donors (Lipinski definition) is 1. The lowest BCUT2D eigenvalue weighted by molar-refractivity contribution is 0.0997. The van der Waals surface area contributed by atoms with Crippen molar-refractivity contribution in [3.63, 3.8) is 0 Å². The van der Waals surface area contributed by atoms with Gasteiger partial charge in [-0.3, -0.25) is 0 Å².